The zero-order chi connectivity index (χ0) is 12.3. The van der Waals surface area contributed by atoms with E-state index in [9.17, 15) is 18.0 Å². The van der Waals surface area contributed by atoms with Crippen LogP contribution in [-0.2, 0) is 4.74 Å². The molecule has 0 atom stereocenters. The summed E-state index contributed by atoms with van der Waals surface area (Å²) in [6, 6.07) is 1.53. The maximum absolute atomic E-state index is 11.7. The van der Waals surface area contributed by atoms with Gasteiger partial charge in [0.1, 0.15) is 13.2 Å². The van der Waals surface area contributed by atoms with Crippen LogP contribution in [0.2, 0.25) is 4.34 Å². The van der Waals surface area contributed by atoms with Crippen LogP contribution in [0.15, 0.2) is 6.07 Å². The Balaban J connectivity index is 2.47. The molecular formula is C9H8ClF3O2S. The molecule has 16 heavy (non-hydrogen) atoms. The van der Waals surface area contributed by atoms with Crippen LogP contribution in [0.1, 0.15) is 15.2 Å². The first kappa shape index (κ1) is 13.5. The van der Waals surface area contributed by atoms with Gasteiger partial charge in [-0.2, -0.15) is 13.2 Å². The Morgan fingerprint density at radius 2 is 2.19 bits per heavy atom. The van der Waals surface area contributed by atoms with Gasteiger partial charge in [0, 0.05) is 0 Å². The Morgan fingerprint density at radius 1 is 1.56 bits per heavy atom. The molecule has 0 unspecified atom stereocenters. The molecule has 1 aromatic rings. The van der Waals surface area contributed by atoms with E-state index >= 15 is 0 Å². The molecule has 0 saturated carbocycles. The number of hydrogen-bond acceptors (Lipinski definition) is 3. The Labute approximate surface area is 99.0 Å². The highest BCUT2D eigenvalue weighted by Gasteiger charge is 2.28. The number of ether oxygens (including phenoxy) is 1. The molecular weight excluding hydrogens is 265 g/mol. The summed E-state index contributed by atoms with van der Waals surface area (Å²) in [5, 5.41) is 0. The molecule has 0 aliphatic heterocycles. The number of ketones is 1. The van der Waals surface area contributed by atoms with Gasteiger partial charge in [0.2, 0.25) is 0 Å². The molecule has 1 rings (SSSR count). The fourth-order valence-electron chi connectivity index (χ4n) is 0.928. The van der Waals surface area contributed by atoms with Crippen molar-refractivity contribution in [3.05, 3.63) is 20.8 Å². The van der Waals surface area contributed by atoms with E-state index in [0.717, 1.165) is 16.9 Å². The van der Waals surface area contributed by atoms with E-state index in [1.165, 1.54) is 6.07 Å². The monoisotopic (exact) mass is 272 g/mol. The van der Waals surface area contributed by atoms with E-state index in [4.69, 9.17) is 11.6 Å². The van der Waals surface area contributed by atoms with Crippen LogP contribution < -0.4 is 0 Å². The molecule has 0 fully saturated rings. The van der Waals surface area contributed by atoms with Crippen molar-refractivity contribution < 1.29 is 22.7 Å². The second-order valence-electron chi connectivity index (χ2n) is 3.10. The standard InChI is InChI=1S/C9H8ClF3O2S/c1-5-2-7(16-8(5)10)6(14)3-15-4-9(11,12)13/h2H,3-4H2,1H3. The summed E-state index contributed by atoms with van der Waals surface area (Å²) in [7, 11) is 0. The van der Waals surface area contributed by atoms with E-state index in [1.807, 2.05) is 0 Å². The summed E-state index contributed by atoms with van der Waals surface area (Å²) < 4.78 is 39.9. The van der Waals surface area contributed by atoms with Crippen molar-refractivity contribution in [1.29, 1.82) is 0 Å². The Kier molecular flexibility index (Phi) is 4.35. The molecule has 0 spiro atoms. The van der Waals surface area contributed by atoms with Gasteiger partial charge in [-0.3, -0.25) is 4.79 Å². The molecule has 1 heterocycles. The Hall–Kier alpha value is -0.590. The molecule has 1 aromatic heterocycles. The number of aryl methyl sites for hydroxylation is 1. The lowest BCUT2D eigenvalue weighted by Crippen LogP contribution is -2.20. The van der Waals surface area contributed by atoms with E-state index in [0.29, 0.717) is 9.21 Å². The number of rotatable bonds is 4. The summed E-state index contributed by atoms with van der Waals surface area (Å²) in [6.07, 6.45) is -4.41. The minimum absolute atomic E-state index is 0.310. The van der Waals surface area contributed by atoms with Gasteiger partial charge in [0.25, 0.3) is 0 Å². The Bertz CT molecular complexity index is 367. The summed E-state index contributed by atoms with van der Waals surface area (Å²) >= 11 is 6.76. The van der Waals surface area contributed by atoms with Crippen LogP contribution in [0.5, 0.6) is 0 Å². The van der Waals surface area contributed by atoms with Crippen molar-refractivity contribution in [2.45, 2.75) is 13.1 Å². The maximum Gasteiger partial charge on any atom is 0.411 e. The van der Waals surface area contributed by atoms with Crippen LogP contribution in [0.25, 0.3) is 0 Å². The molecule has 90 valence electrons. The van der Waals surface area contributed by atoms with Crippen LogP contribution in [0, 0.1) is 6.92 Å². The van der Waals surface area contributed by atoms with Crippen molar-refractivity contribution >= 4 is 28.7 Å². The van der Waals surface area contributed by atoms with Gasteiger partial charge in [-0.05, 0) is 18.6 Å². The summed E-state index contributed by atoms with van der Waals surface area (Å²) in [5.41, 5.74) is 0.728. The minimum Gasteiger partial charge on any atom is -0.364 e. The first-order chi connectivity index (χ1) is 7.29. The summed E-state index contributed by atoms with van der Waals surface area (Å²) in [5.74, 6) is -0.496. The topological polar surface area (TPSA) is 26.3 Å². The predicted molar refractivity (Wildman–Crippen MR) is 55.3 cm³/mol. The highest BCUT2D eigenvalue weighted by atomic mass is 35.5. The van der Waals surface area contributed by atoms with Crippen molar-refractivity contribution in [2.75, 3.05) is 13.2 Å². The van der Waals surface area contributed by atoms with E-state index in [2.05, 4.69) is 4.74 Å². The van der Waals surface area contributed by atoms with Crippen LogP contribution in [0.4, 0.5) is 13.2 Å². The van der Waals surface area contributed by atoms with Crippen LogP contribution in [-0.4, -0.2) is 25.2 Å². The van der Waals surface area contributed by atoms with E-state index in [1.54, 1.807) is 6.92 Å². The first-order valence-corrected chi connectivity index (χ1v) is 5.42. The third-order valence-electron chi connectivity index (χ3n) is 1.63. The van der Waals surface area contributed by atoms with Crippen LogP contribution >= 0.6 is 22.9 Å². The molecule has 2 nitrogen and oxygen atoms in total. The van der Waals surface area contributed by atoms with Gasteiger partial charge in [0.15, 0.2) is 5.78 Å². The first-order valence-electron chi connectivity index (χ1n) is 4.23. The molecule has 0 aromatic carbocycles. The van der Waals surface area contributed by atoms with E-state index in [-0.39, 0.29) is 0 Å². The average molecular weight is 273 g/mol. The number of halogens is 4. The molecule has 0 bridgehead atoms. The van der Waals surface area contributed by atoms with Crippen LogP contribution in [0.3, 0.4) is 0 Å². The van der Waals surface area contributed by atoms with Gasteiger partial charge >= 0.3 is 6.18 Å². The lowest BCUT2D eigenvalue weighted by atomic mass is 10.3. The van der Waals surface area contributed by atoms with Gasteiger partial charge < -0.3 is 4.74 Å². The normalized spacial score (nSPS) is 11.8. The lowest BCUT2D eigenvalue weighted by Gasteiger charge is -2.05. The van der Waals surface area contributed by atoms with Crippen molar-refractivity contribution in [1.82, 2.24) is 0 Å². The number of thiophene rings is 1. The number of alkyl halides is 3. The quantitative estimate of drug-likeness (QED) is 0.785. The second-order valence-corrected chi connectivity index (χ2v) is 4.75. The third-order valence-corrected chi connectivity index (χ3v) is 3.23. The van der Waals surface area contributed by atoms with Crippen molar-refractivity contribution in [3.63, 3.8) is 0 Å². The molecule has 0 aliphatic rings. The smallest absolute Gasteiger partial charge is 0.364 e. The predicted octanol–water partition coefficient (Wildman–Crippen LogP) is 3.47. The SMILES string of the molecule is Cc1cc(C(=O)COCC(F)(F)F)sc1Cl. The van der Waals surface area contributed by atoms with Gasteiger partial charge in [-0.1, -0.05) is 11.6 Å². The summed E-state index contributed by atoms with van der Waals surface area (Å²) in [4.78, 5) is 11.7. The zero-order valence-corrected chi connectivity index (χ0v) is 9.80. The van der Waals surface area contributed by atoms with Gasteiger partial charge in [-0.25, -0.2) is 0 Å². The van der Waals surface area contributed by atoms with Crippen molar-refractivity contribution in [3.8, 4) is 0 Å². The average Bonchev–Trinajstić information content (AvgIpc) is 2.45. The minimum atomic E-state index is -4.41. The van der Waals surface area contributed by atoms with Gasteiger partial charge in [0.05, 0.1) is 9.21 Å². The second kappa shape index (κ2) is 5.16. The number of Topliss-reactive ketones (excluding diaryl/α,β-unsaturated/α-hetero) is 1. The fraction of sp³-hybridized carbons (Fsp3) is 0.444. The number of hydrogen-bond donors (Lipinski definition) is 0. The molecule has 0 saturated heterocycles. The Morgan fingerprint density at radius 3 is 2.62 bits per heavy atom. The number of carbonyl (C=O) groups is 1. The summed E-state index contributed by atoms with van der Waals surface area (Å²) in [6.45, 7) is -0.293. The molecule has 0 radical (unpaired) electrons. The third kappa shape index (κ3) is 4.11. The van der Waals surface area contributed by atoms with Crippen molar-refractivity contribution in [2.24, 2.45) is 0 Å². The molecule has 0 N–H and O–H groups in total. The molecule has 7 heteroatoms. The lowest BCUT2D eigenvalue weighted by molar-refractivity contribution is -0.170. The molecule has 0 aliphatic carbocycles. The van der Waals surface area contributed by atoms with Gasteiger partial charge in [-0.15, -0.1) is 11.3 Å². The highest BCUT2D eigenvalue weighted by Crippen LogP contribution is 2.27. The molecule has 0 amide bonds. The largest absolute Gasteiger partial charge is 0.411 e. The maximum atomic E-state index is 11.7. The van der Waals surface area contributed by atoms with E-state index < -0.39 is 25.2 Å². The number of carbonyl (C=O) groups excluding carboxylic acids is 1. The highest BCUT2D eigenvalue weighted by molar-refractivity contribution is 7.18. The zero-order valence-electron chi connectivity index (χ0n) is 8.23. The fourth-order valence-corrected chi connectivity index (χ4v) is 2.05.